The predicted molar refractivity (Wildman–Crippen MR) is 48.9 cm³/mol. The van der Waals surface area contributed by atoms with Crippen molar-refractivity contribution in [1.82, 2.24) is 0 Å². The lowest BCUT2D eigenvalue weighted by Crippen LogP contribution is -2.13. The minimum atomic E-state index is -0.238. The van der Waals surface area contributed by atoms with Gasteiger partial charge in [-0.15, -0.1) is 0 Å². The smallest absolute Gasteiger partial charge is 0.315 e. The van der Waals surface area contributed by atoms with Gasteiger partial charge in [-0.25, -0.2) is 0 Å². The fourth-order valence-corrected chi connectivity index (χ4v) is 0.608. The van der Waals surface area contributed by atoms with Crippen LogP contribution in [0.25, 0.3) is 0 Å². The maximum absolute atomic E-state index is 10.6. The molecule has 0 aliphatic rings. The van der Waals surface area contributed by atoms with Gasteiger partial charge < -0.3 is 4.74 Å². The zero-order chi connectivity index (χ0) is 8.91. The van der Waals surface area contributed by atoms with Crippen molar-refractivity contribution in [3.05, 3.63) is 0 Å². The van der Waals surface area contributed by atoms with E-state index in [4.69, 9.17) is 4.74 Å². The summed E-state index contributed by atoms with van der Waals surface area (Å²) in [4.78, 5) is 10.6. The molecule has 0 spiro atoms. The average molecular weight is 176 g/mol. The molecule has 0 atom stereocenters. The van der Waals surface area contributed by atoms with Crippen LogP contribution < -0.4 is 0 Å². The van der Waals surface area contributed by atoms with Gasteiger partial charge in [-0.3, -0.25) is 4.79 Å². The third kappa shape index (κ3) is 7.72. The second-order valence-electron chi connectivity index (χ2n) is 3.69. The fourth-order valence-electron chi connectivity index (χ4n) is 0.517. The van der Waals surface area contributed by atoms with E-state index in [1.807, 2.05) is 0 Å². The summed E-state index contributed by atoms with van der Waals surface area (Å²) < 4.78 is 4.85. The number of hydrogen-bond acceptors (Lipinski definition) is 3. The van der Waals surface area contributed by atoms with Crippen molar-refractivity contribution in [2.45, 2.75) is 27.2 Å². The maximum atomic E-state index is 10.6. The molecule has 0 radical (unpaired) electrons. The number of carbonyl (C=O) groups excluding carboxylic acids is 1. The van der Waals surface area contributed by atoms with E-state index in [2.05, 4.69) is 33.4 Å². The molecule has 66 valence electrons. The molecular formula is C8H16O2S. The van der Waals surface area contributed by atoms with E-state index in [1.165, 1.54) is 0 Å². The van der Waals surface area contributed by atoms with Crippen molar-refractivity contribution in [1.29, 1.82) is 0 Å². The third-order valence-corrected chi connectivity index (χ3v) is 1.50. The Labute approximate surface area is 73.7 Å². The van der Waals surface area contributed by atoms with E-state index in [-0.39, 0.29) is 17.1 Å². The van der Waals surface area contributed by atoms with Crippen molar-refractivity contribution in [2.24, 2.45) is 5.41 Å². The molecule has 0 rings (SSSR count). The molecule has 0 saturated carbocycles. The van der Waals surface area contributed by atoms with Crippen LogP contribution >= 0.6 is 12.6 Å². The largest absolute Gasteiger partial charge is 0.465 e. The van der Waals surface area contributed by atoms with Crippen molar-refractivity contribution >= 4 is 18.6 Å². The number of ether oxygens (including phenoxy) is 1. The monoisotopic (exact) mass is 176 g/mol. The first-order chi connectivity index (χ1) is 4.95. The highest BCUT2D eigenvalue weighted by Crippen LogP contribution is 2.17. The van der Waals surface area contributed by atoms with Crippen LogP contribution in [0.15, 0.2) is 0 Å². The van der Waals surface area contributed by atoms with Gasteiger partial charge in [0.2, 0.25) is 0 Å². The fraction of sp³-hybridized carbons (Fsp3) is 0.875. The molecule has 0 bridgehead atoms. The second kappa shape index (κ2) is 4.65. The molecule has 3 heteroatoms. The molecule has 0 aromatic heterocycles. The first kappa shape index (κ1) is 10.8. The lowest BCUT2D eigenvalue weighted by atomic mass is 9.93. The van der Waals surface area contributed by atoms with Crippen LogP contribution in [0.2, 0.25) is 0 Å². The summed E-state index contributed by atoms with van der Waals surface area (Å²) >= 11 is 3.79. The van der Waals surface area contributed by atoms with Gasteiger partial charge in [0.15, 0.2) is 0 Å². The zero-order valence-corrected chi connectivity index (χ0v) is 8.28. The Bertz CT molecular complexity index is 127. The van der Waals surface area contributed by atoms with Crippen LogP contribution in [0, 0.1) is 5.41 Å². The highest BCUT2D eigenvalue weighted by Gasteiger charge is 2.10. The van der Waals surface area contributed by atoms with Crippen LogP contribution in [0.4, 0.5) is 0 Å². The maximum Gasteiger partial charge on any atom is 0.315 e. The molecule has 0 saturated heterocycles. The molecule has 0 aromatic carbocycles. The summed E-state index contributed by atoms with van der Waals surface area (Å²) in [6.07, 6.45) is 0.895. The number of hydrogen-bond donors (Lipinski definition) is 1. The molecule has 0 aromatic rings. The Hall–Kier alpha value is -0.180. The summed E-state index contributed by atoms with van der Waals surface area (Å²) in [6, 6.07) is 0. The summed E-state index contributed by atoms with van der Waals surface area (Å²) in [6.45, 7) is 6.84. The molecular weight excluding hydrogens is 160 g/mol. The topological polar surface area (TPSA) is 26.3 Å². The van der Waals surface area contributed by atoms with Crippen molar-refractivity contribution in [3.8, 4) is 0 Å². The van der Waals surface area contributed by atoms with Gasteiger partial charge in [-0.2, -0.15) is 12.6 Å². The van der Waals surface area contributed by atoms with Gasteiger partial charge in [0, 0.05) is 0 Å². The van der Waals surface area contributed by atoms with Crippen LogP contribution in [0.1, 0.15) is 27.2 Å². The number of carbonyl (C=O) groups is 1. The van der Waals surface area contributed by atoms with Crippen LogP contribution in [-0.4, -0.2) is 18.3 Å². The second-order valence-corrected chi connectivity index (χ2v) is 4.01. The Morgan fingerprint density at radius 1 is 1.45 bits per heavy atom. The minimum Gasteiger partial charge on any atom is -0.465 e. The lowest BCUT2D eigenvalue weighted by molar-refractivity contribution is -0.140. The highest BCUT2D eigenvalue weighted by molar-refractivity contribution is 7.81. The summed E-state index contributed by atoms with van der Waals surface area (Å²) in [5.41, 5.74) is 0.233. The van der Waals surface area contributed by atoms with Gasteiger partial charge in [0.25, 0.3) is 0 Å². The third-order valence-electron chi connectivity index (χ3n) is 1.24. The molecule has 0 unspecified atom stereocenters. The SMILES string of the molecule is CC(C)(C)CCOC(=O)CS. The van der Waals surface area contributed by atoms with Gasteiger partial charge in [-0.05, 0) is 11.8 Å². The van der Waals surface area contributed by atoms with Crippen molar-refractivity contribution in [2.75, 3.05) is 12.4 Å². The summed E-state index contributed by atoms with van der Waals surface area (Å²) in [5, 5.41) is 0. The Kier molecular flexibility index (Phi) is 4.57. The number of rotatable bonds is 3. The molecule has 0 aliphatic carbocycles. The minimum absolute atomic E-state index is 0.171. The quantitative estimate of drug-likeness (QED) is 0.525. The normalized spacial score (nSPS) is 11.3. The standard InChI is InChI=1S/C8H16O2S/c1-8(2,3)4-5-10-7(9)6-11/h11H,4-6H2,1-3H3. The van der Waals surface area contributed by atoms with E-state index in [0.29, 0.717) is 6.61 Å². The molecule has 0 fully saturated rings. The van der Waals surface area contributed by atoms with E-state index in [0.717, 1.165) is 6.42 Å². The number of thiol groups is 1. The van der Waals surface area contributed by atoms with E-state index in [1.54, 1.807) is 0 Å². The highest BCUT2D eigenvalue weighted by atomic mass is 32.1. The molecule has 0 heterocycles. The van der Waals surface area contributed by atoms with Crippen molar-refractivity contribution in [3.63, 3.8) is 0 Å². The van der Waals surface area contributed by atoms with Gasteiger partial charge in [0.05, 0.1) is 12.4 Å². The first-order valence-corrected chi connectivity index (χ1v) is 4.35. The molecule has 0 amide bonds. The van der Waals surface area contributed by atoms with Crippen LogP contribution in [0.3, 0.4) is 0 Å². The van der Waals surface area contributed by atoms with Gasteiger partial charge >= 0.3 is 5.97 Å². The molecule has 11 heavy (non-hydrogen) atoms. The summed E-state index contributed by atoms with van der Waals surface area (Å²) in [5.74, 6) is -0.0676. The first-order valence-electron chi connectivity index (χ1n) is 3.72. The van der Waals surface area contributed by atoms with Gasteiger partial charge in [-0.1, -0.05) is 20.8 Å². The van der Waals surface area contributed by atoms with Gasteiger partial charge in [0.1, 0.15) is 0 Å². The number of esters is 1. The Morgan fingerprint density at radius 2 is 2.00 bits per heavy atom. The Morgan fingerprint density at radius 3 is 2.36 bits per heavy atom. The van der Waals surface area contributed by atoms with Crippen molar-refractivity contribution < 1.29 is 9.53 Å². The van der Waals surface area contributed by atoms with Crippen LogP contribution in [-0.2, 0) is 9.53 Å². The summed E-state index contributed by atoms with van der Waals surface area (Å²) in [7, 11) is 0. The van der Waals surface area contributed by atoms with E-state index < -0.39 is 0 Å². The van der Waals surface area contributed by atoms with E-state index in [9.17, 15) is 4.79 Å². The average Bonchev–Trinajstić information content (AvgIpc) is 1.85. The molecule has 0 N–H and O–H groups in total. The van der Waals surface area contributed by atoms with E-state index >= 15 is 0 Å². The van der Waals surface area contributed by atoms with Crippen LogP contribution in [0.5, 0.6) is 0 Å². The predicted octanol–water partition coefficient (Wildman–Crippen LogP) is 1.90. The molecule has 0 aliphatic heterocycles. The molecule has 2 nitrogen and oxygen atoms in total. The lowest BCUT2D eigenvalue weighted by Gasteiger charge is -2.17. The Balaban J connectivity index is 3.35. The zero-order valence-electron chi connectivity index (χ0n) is 7.39.